The molecule has 53 heavy (non-hydrogen) atoms. The van der Waals surface area contributed by atoms with E-state index >= 15 is 0 Å². The van der Waals surface area contributed by atoms with Gasteiger partial charge in [0, 0.05) is 17.1 Å². The molecule has 2 aliphatic carbocycles. The standard InChI is InChI=1S/C52H35N/c1-34-21-26-39(27-22-34)53(40-28-25-36-31-38(24-23-37(36)32-40)43-17-10-12-35-11-2-3-13-42(35)43)41-29-30-51-47(33-41)46-16-6-9-20-50(46)52(51)48-18-7-4-14-44(48)45-15-5-8-19-49(45)52/h2-33H,1H3. The molecule has 0 aromatic heterocycles. The first-order valence-electron chi connectivity index (χ1n) is 18.5. The fourth-order valence-corrected chi connectivity index (χ4v) is 9.38. The van der Waals surface area contributed by atoms with Crippen LogP contribution < -0.4 is 4.90 Å². The van der Waals surface area contributed by atoms with Crippen molar-refractivity contribution in [1.82, 2.24) is 0 Å². The van der Waals surface area contributed by atoms with Crippen LogP contribution in [-0.2, 0) is 5.41 Å². The van der Waals surface area contributed by atoms with Gasteiger partial charge in [0.1, 0.15) is 0 Å². The molecule has 2 aliphatic rings. The summed E-state index contributed by atoms with van der Waals surface area (Å²) in [7, 11) is 0. The zero-order valence-electron chi connectivity index (χ0n) is 29.4. The van der Waals surface area contributed by atoms with E-state index in [0.29, 0.717) is 0 Å². The first kappa shape index (κ1) is 30.0. The van der Waals surface area contributed by atoms with Gasteiger partial charge in [-0.15, -0.1) is 0 Å². The second-order valence-corrected chi connectivity index (χ2v) is 14.6. The summed E-state index contributed by atoms with van der Waals surface area (Å²) in [6.45, 7) is 2.15. The molecule has 0 unspecified atom stereocenters. The third-order valence-electron chi connectivity index (χ3n) is 11.7. The molecule has 0 N–H and O–H groups in total. The SMILES string of the molecule is Cc1ccc(N(c2ccc3c(c2)-c2ccccc2C32c3ccccc3-c3ccccc32)c2ccc3cc(-c4cccc5ccccc45)ccc3c2)cc1. The summed E-state index contributed by atoms with van der Waals surface area (Å²) in [4.78, 5) is 2.42. The van der Waals surface area contributed by atoms with Crippen LogP contribution in [0.4, 0.5) is 17.1 Å². The van der Waals surface area contributed by atoms with Crippen molar-refractivity contribution in [3.8, 4) is 33.4 Å². The minimum atomic E-state index is -0.350. The quantitative estimate of drug-likeness (QED) is 0.180. The zero-order chi connectivity index (χ0) is 35.1. The van der Waals surface area contributed by atoms with Crippen molar-refractivity contribution >= 4 is 38.6 Å². The fourth-order valence-electron chi connectivity index (χ4n) is 9.38. The van der Waals surface area contributed by atoms with Crippen LogP contribution in [0.15, 0.2) is 194 Å². The van der Waals surface area contributed by atoms with Crippen LogP contribution in [0.2, 0.25) is 0 Å². The van der Waals surface area contributed by atoms with E-state index in [4.69, 9.17) is 0 Å². The summed E-state index contributed by atoms with van der Waals surface area (Å²) < 4.78 is 0. The summed E-state index contributed by atoms with van der Waals surface area (Å²) >= 11 is 0. The maximum Gasteiger partial charge on any atom is 0.0725 e. The van der Waals surface area contributed by atoms with E-state index in [1.54, 1.807) is 0 Å². The number of hydrogen-bond donors (Lipinski definition) is 0. The molecule has 1 spiro atoms. The average Bonchev–Trinajstić information content (AvgIpc) is 3.68. The predicted octanol–water partition coefficient (Wildman–Crippen LogP) is 13.8. The Balaban J connectivity index is 1.08. The van der Waals surface area contributed by atoms with Gasteiger partial charge in [-0.05, 0) is 127 Å². The largest absolute Gasteiger partial charge is 0.310 e. The molecule has 0 radical (unpaired) electrons. The Kier molecular flexibility index (Phi) is 6.45. The second kappa shape index (κ2) is 11.4. The molecule has 1 heteroatoms. The summed E-state index contributed by atoms with van der Waals surface area (Å²) in [5.74, 6) is 0. The molecule has 9 aromatic carbocycles. The van der Waals surface area contributed by atoms with Crippen LogP contribution >= 0.6 is 0 Å². The van der Waals surface area contributed by atoms with Crippen LogP contribution in [0.1, 0.15) is 27.8 Å². The Labute approximate surface area is 310 Å². The molecule has 248 valence electrons. The van der Waals surface area contributed by atoms with Crippen molar-refractivity contribution in [3.63, 3.8) is 0 Å². The molecule has 0 saturated heterocycles. The van der Waals surface area contributed by atoms with Crippen molar-refractivity contribution in [3.05, 3.63) is 222 Å². The van der Waals surface area contributed by atoms with Crippen LogP contribution in [-0.4, -0.2) is 0 Å². The maximum absolute atomic E-state index is 2.43. The van der Waals surface area contributed by atoms with Gasteiger partial charge in [-0.25, -0.2) is 0 Å². The third kappa shape index (κ3) is 4.31. The molecule has 0 atom stereocenters. The van der Waals surface area contributed by atoms with Crippen LogP contribution in [0, 0.1) is 6.92 Å². The fraction of sp³-hybridized carbons (Fsp3) is 0.0385. The number of fused-ring (bicyclic) bond motifs is 12. The summed E-state index contributed by atoms with van der Waals surface area (Å²) in [6.07, 6.45) is 0. The highest BCUT2D eigenvalue weighted by atomic mass is 15.1. The Morgan fingerprint density at radius 2 is 0.849 bits per heavy atom. The molecule has 11 rings (SSSR count). The third-order valence-corrected chi connectivity index (χ3v) is 11.7. The van der Waals surface area contributed by atoms with E-state index in [-0.39, 0.29) is 5.41 Å². The second-order valence-electron chi connectivity index (χ2n) is 14.6. The molecule has 0 heterocycles. The molecule has 0 saturated carbocycles. The normalized spacial score (nSPS) is 13.2. The van der Waals surface area contributed by atoms with Gasteiger partial charge < -0.3 is 4.90 Å². The molecule has 0 aliphatic heterocycles. The first-order valence-corrected chi connectivity index (χ1v) is 18.5. The number of nitrogens with zero attached hydrogens (tertiary/aromatic N) is 1. The van der Waals surface area contributed by atoms with Crippen molar-refractivity contribution in [2.45, 2.75) is 12.3 Å². The lowest BCUT2D eigenvalue weighted by Crippen LogP contribution is -2.25. The van der Waals surface area contributed by atoms with E-state index in [1.165, 1.54) is 82.7 Å². The van der Waals surface area contributed by atoms with E-state index in [9.17, 15) is 0 Å². The molecule has 0 amide bonds. The highest BCUT2D eigenvalue weighted by Gasteiger charge is 2.51. The summed E-state index contributed by atoms with van der Waals surface area (Å²) in [5.41, 5.74) is 17.5. The van der Waals surface area contributed by atoms with Gasteiger partial charge in [-0.1, -0.05) is 157 Å². The lowest BCUT2D eigenvalue weighted by molar-refractivity contribution is 0.794. The monoisotopic (exact) mass is 673 g/mol. The van der Waals surface area contributed by atoms with E-state index in [0.717, 1.165) is 17.1 Å². The molecule has 0 fully saturated rings. The van der Waals surface area contributed by atoms with Crippen LogP contribution in [0.25, 0.3) is 54.9 Å². The van der Waals surface area contributed by atoms with Gasteiger partial charge in [-0.2, -0.15) is 0 Å². The number of anilines is 3. The molecule has 9 aromatic rings. The average molecular weight is 674 g/mol. The van der Waals surface area contributed by atoms with Gasteiger partial charge in [0.05, 0.1) is 5.41 Å². The van der Waals surface area contributed by atoms with Gasteiger partial charge in [-0.3, -0.25) is 0 Å². The Bertz CT molecular complexity index is 2860. The molecule has 1 nitrogen and oxygen atoms in total. The van der Waals surface area contributed by atoms with Gasteiger partial charge >= 0.3 is 0 Å². The van der Waals surface area contributed by atoms with E-state index in [1.807, 2.05) is 0 Å². The minimum absolute atomic E-state index is 0.350. The number of benzene rings is 9. The number of aryl methyl sites for hydroxylation is 1. The Hall–Kier alpha value is -6.70. The van der Waals surface area contributed by atoms with Crippen molar-refractivity contribution in [2.75, 3.05) is 4.90 Å². The summed E-state index contributed by atoms with van der Waals surface area (Å²) in [5, 5.41) is 4.99. The van der Waals surface area contributed by atoms with E-state index in [2.05, 4.69) is 206 Å². The lowest BCUT2D eigenvalue weighted by atomic mass is 9.70. The zero-order valence-corrected chi connectivity index (χ0v) is 29.4. The topological polar surface area (TPSA) is 3.24 Å². The van der Waals surface area contributed by atoms with Gasteiger partial charge in [0.15, 0.2) is 0 Å². The molecular weight excluding hydrogens is 639 g/mol. The summed E-state index contributed by atoms with van der Waals surface area (Å²) in [6, 6.07) is 72.2. The Morgan fingerprint density at radius 3 is 1.58 bits per heavy atom. The minimum Gasteiger partial charge on any atom is -0.310 e. The highest BCUT2D eigenvalue weighted by molar-refractivity contribution is 6.00. The van der Waals surface area contributed by atoms with Crippen LogP contribution in [0.5, 0.6) is 0 Å². The lowest BCUT2D eigenvalue weighted by Gasteiger charge is -2.31. The van der Waals surface area contributed by atoms with Crippen molar-refractivity contribution in [1.29, 1.82) is 0 Å². The van der Waals surface area contributed by atoms with E-state index < -0.39 is 0 Å². The van der Waals surface area contributed by atoms with Crippen molar-refractivity contribution < 1.29 is 0 Å². The van der Waals surface area contributed by atoms with Crippen molar-refractivity contribution in [2.24, 2.45) is 0 Å². The maximum atomic E-state index is 2.43. The Morgan fingerprint density at radius 1 is 0.340 bits per heavy atom. The highest BCUT2D eigenvalue weighted by Crippen LogP contribution is 2.63. The molecule has 0 bridgehead atoms. The van der Waals surface area contributed by atoms with Crippen LogP contribution in [0.3, 0.4) is 0 Å². The first-order chi connectivity index (χ1) is 26.2. The number of rotatable bonds is 4. The predicted molar refractivity (Wildman–Crippen MR) is 223 cm³/mol. The van der Waals surface area contributed by atoms with Gasteiger partial charge in [0.25, 0.3) is 0 Å². The number of hydrogen-bond acceptors (Lipinski definition) is 1. The van der Waals surface area contributed by atoms with Gasteiger partial charge in [0.2, 0.25) is 0 Å². The smallest absolute Gasteiger partial charge is 0.0725 e. The molecular formula is C52H35N.